The first-order chi connectivity index (χ1) is 17.2. The molecule has 3 rings (SSSR count). The number of aromatic hydroxyl groups is 1. The normalized spacial score (nSPS) is 14.1. The van der Waals surface area contributed by atoms with E-state index in [9.17, 15) is 19.3 Å². The van der Waals surface area contributed by atoms with Gasteiger partial charge in [0.25, 0.3) is 8.61 Å². The quantitative estimate of drug-likeness (QED) is 0.184. The van der Waals surface area contributed by atoms with Crippen molar-refractivity contribution < 1.29 is 33.6 Å². The fraction of sp³-hybridized carbons (Fsp3) is 0.407. The van der Waals surface area contributed by atoms with Gasteiger partial charge in [0, 0.05) is 16.7 Å². The van der Waals surface area contributed by atoms with Crippen molar-refractivity contribution in [3.05, 3.63) is 69.3 Å². The highest BCUT2D eigenvalue weighted by molar-refractivity contribution is 7.20. The van der Waals surface area contributed by atoms with Gasteiger partial charge in [-0.3, -0.25) is 9.36 Å². The number of carbonyl (C=O) groups excluding carboxylic acids is 2. The molecule has 0 bridgehead atoms. The number of allylic oxidation sites excluding steroid dienone is 2. The van der Waals surface area contributed by atoms with Crippen molar-refractivity contribution in [2.75, 3.05) is 6.61 Å². The lowest BCUT2D eigenvalue weighted by atomic mass is 9.89. The Bertz CT molecular complexity index is 1190. The zero-order chi connectivity index (χ0) is 26.4. The Morgan fingerprint density at radius 2 is 2.00 bits per heavy atom. The molecule has 0 amide bonds. The summed E-state index contributed by atoms with van der Waals surface area (Å²) in [5, 5.41) is 10.9. The molecule has 0 aromatic heterocycles. The van der Waals surface area contributed by atoms with E-state index in [1.165, 1.54) is 0 Å². The minimum absolute atomic E-state index is 0.000724. The maximum atomic E-state index is 12.2. The summed E-state index contributed by atoms with van der Waals surface area (Å²) in [6, 6.07) is 6.45. The zero-order valence-corrected chi connectivity index (χ0v) is 22.2. The Balaban J connectivity index is 1.82. The van der Waals surface area contributed by atoms with E-state index in [1.807, 2.05) is 39.0 Å². The number of ether oxygens (including phenoxy) is 2. The molecular formula is C27H32NO7P. The lowest BCUT2D eigenvalue weighted by Gasteiger charge is -2.21. The molecule has 1 atom stereocenters. The van der Waals surface area contributed by atoms with Crippen molar-refractivity contribution in [1.29, 1.82) is 0 Å². The van der Waals surface area contributed by atoms with Crippen molar-refractivity contribution in [3.8, 4) is 11.5 Å². The predicted octanol–water partition coefficient (Wildman–Crippen LogP) is 5.42. The van der Waals surface area contributed by atoms with Gasteiger partial charge in [-0.05, 0) is 69.0 Å². The van der Waals surface area contributed by atoms with Crippen LogP contribution < -0.4 is 4.84 Å². The summed E-state index contributed by atoms with van der Waals surface area (Å²) >= 11 is 0. The standard InChI is InChI=1S/C27H32NO7P/c1-6-20-17(4)22-15-34-27(31)24(22)25(29)21(20)13-12-16(3)14-19-10-8-9-11-23(19)35-28(36-32)18(5)26(30)33-7-2/h8-12,18,29H,6-7,13-15H2,1-5H3. The van der Waals surface area contributed by atoms with Crippen molar-refractivity contribution >= 4 is 20.5 Å². The number of esters is 2. The number of para-hydroxylation sites is 1. The Morgan fingerprint density at radius 1 is 1.28 bits per heavy atom. The van der Waals surface area contributed by atoms with Crippen LogP contribution in [-0.2, 0) is 44.7 Å². The van der Waals surface area contributed by atoms with Crippen LogP contribution in [0.25, 0.3) is 0 Å². The van der Waals surface area contributed by atoms with Gasteiger partial charge in [0.1, 0.15) is 17.9 Å². The lowest BCUT2D eigenvalue weighted by Crippen LogP contribution is -2.36. The molecule has 1 N–H and O–H groups in total. The van der Waals surface area contributed by atoms with E-state index in [2.05, 4.69) is 0 Å². The van der Waals surface area contributed by atoms with Gasteiger partial charge >= 0.3 is 11.9 Å². The van der Waals surface area contributed by atoms with Gasteiger partial charge in [-0.15, -0.1) is 0 Å². The zero-order valence-electron chi connectivity index (χ0n) is 21.3. The van der Waals surface area contributed by atoms with Crippen molar-refractivity contribution in [1.82, 2.24) is 4.83 Å². The Morgan fingerprint density at radius 3 is 2.67 bits per heavy atom. The van der Waals surface area contributed by atoms with Crippen LogP contribution in [0, 0.1) is 6.92 Å². The van der Waals surface area contributed by atoms with Crippen LogP contribution in [-0.4, -0.2) is 34.5 Å². The third kappa shape index (κ3) is 5.77. The number of nitrogens with zero attached hydrogens (tertiary/aromatic N) is 1. The molecule has 2 aromatic rings. The van der Waals surface area contributed by atoms with E-state index in [1.54, 1.807) is 26.0 Å². The third-order valence-corrected chi connectivity index (χ3v) is 6.92. The number of phenols is 1. The summed E-state index contributed by atoms with van der Waals surface area (Å²) in [6.45, 7) is 9.63. The van der Waals surface area contributed by atoms with E-state index in [-0.39, 0.29) is 24.5 Å². The molecule has 1 aliphatic heterocycles. The number of carbonyl (C=O) groups is 2. The molecule has 8 nitrogen and oxygen atoms in total. The lowest BCUT2D eigenvalue weighted by molar-refractivity contribution is -0.153. The van der Waals surface area contributed by atoms with Crippen molar-refractivity contribution in [3.63, 3.8) is 0 Å². The second-order valence-corrected chi connectivity index (χ2v) is 9.21. The molecule has 0 saturated heterocycles. The Labute approximate surface area is 213 Å². The van der Waals surface area contributed by atoms with E-state index in [4.69, 9.17) is 14.3 Å². The minimum atomic E-state index is -0.862. The van der Waals surface area contributed by atoms with Crippen LogP contribution in [0.1, 0.15) is 65.9 Å². The van der Waals surface area contributed by atoms with E-state index >= 15 is 0 Å². The molecule has 0 aliphatic carbocycles. The van der Waals surface area contributed by atoms with E-state index < -0.39 is 26.6 Å². The molecule has 192 valence electrons. The summed E-state index contributed by atoms with van der Waals surface area (Å²) in [6.07, 6.45) is 3.73. The molecule has 2 aromatic carbocycles. The molecule has 0 fully saturated rings. The third-order valence-electron chi connectivity index (χ3n) is 6.33. The van der Waals surface area contributed by atoms with Crippen LogP contribution in [0.3, 0.4) is 0 Å². The Hall–Kier alpha value is -3.22. The molecule has 36 heavy (non-hydrogen) atoms. The van der Waals surface area contributed by atoms with Gasteiger partial charge in [0.15, 0.2) is 11.8 Å². The van der Waals surface area contributed by atoms with Gasteiger partial charge in [-0.25, -0.2) is 4.79 Å². The topological polar surface area (TPSA) is 102 Å². The van der Waals surface area contributed by atoms with Crippen LogP contribution in [0.15, 0.2) is 35.9 Å². The van der Waals surface area contributed by atoms with Crippen molar-refractivity contribution in [2.45, 2.75) is 66.5 Å². The van der Waals surface area contributed by atoms with Gasteiger partial charge in [0.2, 0.25) is 0 Å². The summed E-state index contributed by atoms with van der Waals surface area (Å²) in [5.41, 5.74) is 5.64. The number of hydrogen-bond acceptors (Lipinski definition) is 7. The number of hydroxylamine groups is 1. The first kappa shape index (κ1) is 27.4. The number of phenolic OH excluding ortho intramolecular Hbond substituents is 1. The summed E-state index contributed by atoms with van der Waals surface area (Å²) < 4.78 is 21.9. The molecule has 0 radical (unpaired) electrons. The monoisotopic (exact) mass is 513 g/mol. The molecule has 1 aliphatic rings. The van der Waals surface area contributed by atoms with Gasteiger partial charge < -0.3 is 19.4 Å². The number of fused-ring (bicyclic) bond motifs is 1. The van der Waals surface area contributed by atoms with E-state index in [0.717, 1.165) is 44.6 Å². The second-order valence-electron chi connectivity index (χ2n) is 8.66. The highest BCUT2D eigenvalue weighted by Crippen LogP contribution is 2.38. The van der Waals surface area contributed by atoms with Gasteiger partial charge in [-0.1, -0.05) is 36.8 Å². The Kier molecular flexibility index (Phi) is 9.24. The fourth-order valence-corrected chi connectivity index (χ4v) is 4.71. The van der Waals surface area contributed by atoms with Crippen molar-refractivity contribution in [2.24, 2.45) is 0 Å². The first-order valence-corrected chi connectivity index (χ1v) is 12.7. The number of benzene rings is 2. The molecular weight excluding hydrogens is 481 g/mol. The summed E-state index contributed by atoms with van der Waals surface area (Å²) in [4.78, 5) is 31.1. The maximum Gasteiger partial charge on any atom is 0.342 e. The van der Waals surface area contributed by atoms with Crippen LogP contribution in [0.2, 0.25) is 0 Å². The number of hydrogen-bond donors (Lipinski definition) is 1. The average molecular weight is 514 g/mol. The maximum absolute atomic E-state index is 12.2. The molecule has 0 saturated carbocycles. The average Bonchev–Trinajstić information content (AvgIpc) is 3.26. The molecule has 1 unspecified atom stereocenters. The van der Waals surface area contributed by atoms with E-state index in [0.29, 0.717) is 18.6 Å². The smallest absolute Gasteiger partial charge is 0.342 e. The highest BCUT2D eigenvalue weighted by Gasteiger charge is 2.31. The molecule has 1 heterocycles. The SMILES string of the molecule is CCOC(=O)C(C)N(Oc1ccccc1CC(C)=CCc1c(O)c2c(c(C)c1CC)COC2=O)P=O. The highest BCUT2D eigenvalue weighted by atomic mass is 31.1. The number of cyclic esters (lactones) is 1. The largest absolute Gasteiger partial charge is 0.507 e. The fourth-order valence-electron chi connectivity index (χ4n) is 4.35. The predicted molar refractivity (Wildman–Crippen MR) is 135 cm³/mol. The molecule has 9 heteroatoms. The summed E-state index contributed by atoms with van der Waals surface area (Å²) in [7, 11) is -0.469. The first-order valence-electron chi connectivity index (χ1n) is 12.0. The molecule has 0 spiro atoms. The summed E-state index contributed by atoms with van der Waals surface area (Å²) in [5.74, 6) is -0.547. The van der Waals surface area contributed by atoms with Crippen LogP contribution in [0.4, 0.5) is 0 Å². The van der Waals surface area contributed by atoms with Gasteiger partial charge in [0.05, 0.1) is 6.61 Å². The minimum Gasteiger partial charge on any atom is -0.507 e. The van der Waals surface area contributed by atoms with Crippen LogP contribution in [0.5, 0.6) is 11.5 Å². The van der Waals surface area contributed by atoms with Gasteiger partial charge in [-0.2, -0.15) is 0 Å². The number of rotatable bonds is 11. The second kappa shape index (κ2) is 12.2. The van der Waals surface area contributed by atoms with Crippen LogP contribution >= 0.6 is 8.61 Å².